The third-order valence-corrected chi connectivity index (χ3v) is 13.5. The molecule has 9 N–H and O–H groups in total. The number of pyridine rings is 5. The molecule has 0 spiro atoms. The number of ether oxygens (including phenoxy) is 2. The van der Waals surface area contributed by atoms with Crippen molar-refractivity contribution >= 4 is 86.6 Å². The van der Waals surface area contributed by atoms with E-state index in [2.05, 4.69) is 60.5 Å². The number of carbonyl (C=O) groups is 2. The molecule has 0 bridgehead atoms. The summed E-state index contributed by atoms with van der Waals surface area (Å²) in [5.74, 6) is 0.838. The van der Waals surface area contributed by atoms with Crippen molar-refractivity contribution in [3.8, 4) is 28.6 Å². The smallest absolute Gasteiger partial charge is 1.00 e. The molecule has 110 heavy (non-hydrogen) atoms. The van der Waals surface area contributed by atoms with Crippen LogP contribution in [0.3, 0.4) is 0 Å². The molecule has 576 valence electrons. The molecule has 0 saturated heterocycles. The maximum atomic E-state index is 11.5. The number of rotatable bonds is 18. The Morgan fingerprint density at radius 2 is 1.01 bits per heavy atom. The van der Waals surface area contributed by atoms with E-state index in [-0.39, 0.29) is 82.8 Å². The minimum Gasteiger partial charge on any atom is -1.00 e. The van der Waals surface area contributed by atoms with Crippen LogP contribution in [0, 0.1) is 104 Å². The normalized spacial score (nSPS) is 9.71. The number of allylic oxidation sites excluding steroid dienone is 1. The van der Waals surface area contributed by atoms with E-state index in [9.17, 15) is 29.8 Å². The van der Waals surface area contributed by atoms with Gasteiger partial charge in [0.2, 0.25) is 18.3 Å². The molecule has 0 aliphatic carbocycles. The Bertz CT molecular complexity index is 4670. The summed E-state index contributed by atoms with van der Waals surface area (Å²) in [5.41, 5.74) is 32.0. The van der Waals surface area contributed by atoms with E-state index in [0.717, 1.165) is 72.7 Å². The standard InChI is InChI=1S/C17H15N5O2.C17H17N5.C11H14N2O.C8H10N4O2.C8H9NO.C7H6N2.C7H17NO2.CH3.BrH.Mg.HNO3/c1-11-7-13(10-18-9-11)15-5-6-19-17(20-15)21-16-8-14(22(23)24)4-3-12(16)2;1-11-7-13(10-19-9-11)15-5-6-20-17(21-15)22-16-8-14(18)4-3-12(16)2;1-9-6-10(8-12-7-9)11(14)4-5-13(2)3;1-5-2-3-6(12(13)14)4-7(5)11-8(9)10;1-6-3-8(7(2)10)5-9-4-6;1-6-2-7(3-8)5-9-4-6;1-5-9-7(8(3)4)10-6-2;;;;2-1(3)4/h3-10H,1-2H3,(H,19,20,21);3-10H,18H2,1-2H3,(H,20,21,22);4-8H,1-3H3;2-4H,1H3,(H4,9,10,11);3-5H,1-2H3;2,4-5H,1H3;7H,5-6H2,1-4H3;1H3;1H;;(H,2,3,4)/q;;;;;;;-1;;+2;/p-1/b;;5-4+;;;;;;;;. The second-order valence-electron chi connectivity index (χ2n) is 23.4. The first-order valence-electron chi connectivity index (χ1n) is 32.5. The Morgan fingerprint density at radius 1 is 0.600 bits per heavy atom. The summed E-state index contributed by atoms with van der Waals surface area (Å²) in [6.45, 7) is 22.2. The number of nitrogens with zero attached hydrogens (tertiary/aromatic N) is 16. The second-order valence-corrected chi connectivity index (χ2v) is 23.4. The van der Waals surface area contributed by atoms with Crippen LogP contribution in [0.15, 0.2) is 189 Å². The molecule has 10 rings (SSSR count). The number of anilines is 5. The number of aryl methyl sites for hydroxylation is 8. The number of guanidine groups is 1. The number of nitrogens with one attached hydrogen (secondary N) is 2. The molecule has 3 aromatic carbocycles. The first-order chi connectivity index (χ1) is 50.7. The minimum atomic E-state index is -1.50. The van der Waals surface area contributed by atoms with Gasteiger partial charge in [-0.05, 0) is 189 Å². The van der Waals surface area contributed by atoms with Gasteiger partial charge in [0.25, 0.3) is 16.5 Å². The van der Waals surface area contributed by atoms with E-state index < -0.39 is 14.9 Å². The molecule has 0 aliphatic heterocycles. The van der Waals surface area contributed by atoms with Gasteiger partial charge >= 0.3 is 23.1 Å². The molecule has 7 heterocycles. The monoisotopic (exact) mass is 1580 g/mol. The molecule has 0 saturated carbocycles. The molecule has 0 atom stereocenters. The van der Waals surface area contributed by atoms with Gasteiger partial charge in [0.15, 0.2) is 17.5 Å². The summed E-state index contributed by atoms with van der Waals surface area (Å²) < 4.78 is 10.5. The Morgan fingerprint density at radius 3 is 1.40 bits per heavy atom. The summed E-state index contributed by atoms with van der Waals surface area (Å²) in [7, 11) is 7.60. The quantitative estimate of drug-likeness (QED) is 0.00444. The molecule has 0 unspecified atom stereocenters. The Balaban J connectivity index is 0.00000128. The molecule has 32 nitrogen and oxygen atoms in total. The van der Waals surface area contributed by atoms with Crippen LogP contribution in [-0.2, 0) is 9.47 Å². The first-order valence-corrected chi connectivity index (χ1v) is 32.5. The van der Waals surface area contributed by atoms with Crippen molar-refractivity contribution in [2.45, 2.75) is 82.6 Å². The number of aliphatic imine (C=N–C) groups is 1. The van der Waals surface area contributed by atoms with Gasteiger partial charge < -0.3 is 71.8 Å². The molecule has 10 aromatic rings. The summed E-state index contributed by atoms with van der Waals surface area (Å²) in [5, 5.41) is 49.6. The van der Waals surface area contributed by atoms with Gasteiger partial charge in [0, 0.05) is 172 Å². The SMILES string of the molecule is CC(=O)c1cncc(C)c1.CCOC(OCC)N(C)C.Cc1ccc([N+](=O)[O-])cc1N=C(N)N.Cc1cncc(-c2ccnc(Nc3cc(N)ccc3C)n2)c1.Cc1cncc(-c2ccnc(Nc3cc([N+](=O)[O-])ccc3C)n2)c1.Cc1cncc(C#N)c1.Cc1cncc(C(=O)/C=C/N(C)C)c1.O=[N+]([O-])O.[Br-].[CH3-].[Mg+2]. The summed E-state index contributed by atoms with van der Waals surface area (Å²) in [6, 6.07) is 29.8. The summed E-state index contributed by atoms with van der Waals surface area (Å²) in [4.78, 5) is 96.1. The zero-order valence-corrected chi connectivity index (χ0v) is 67.3. The number of non-ortho nitro benzene ring substituents is 2. The fourth-order valence-electron chi connectivity index (χ4n) is 8.39. The van der Waals surface area contributed by atoms with Crippen molar-refractivity contribution in [2.24, 2.45) is 16.5 Å². The number of halogens is 1. The van der Waals surface area contributed by atoms with Crippen molar-refractivity contribution in [3.05, 3.63) is 283 Å². The third kappa shape index (κ3) is 38.3. The van der Waals surface area contributed by atoms with Gasteiger partial charge in [-0.15, -0.1) is 10.1 Å². The average Bonchev–Trinajstić information content (AvgIpc) is 0.840. The van der Waals surface area contributed by atoms with E-state index in [1.807, 2.05) is 161 Å². The van der Waals surface area contributed by atoms with E-state index in [1.165, 1.54) is 37.3 Å². The minimum absolute atomic E-state index is 0. The second kappa shape index (κ2) is 51.9. The summed E-state index contributed by atoms with van der Waals surface area (Å²) >= 11 is 0. The fraction of sp³-hybridized carbons (Fsp3) is 0.237. The maximum absolute atomic E-state index is 11.5. The van der Waals surface area contributed by atoms with Crippen LogP contribution in [0.25, 0.3) is 22.5 Å². The average molecular weight is 1580 g/mol. The van der Waals surface area contributed by atoms with Gasteiger partial charge in [-0.3, -0.25) is 59.6 Å². The number of nitrogens with two attached hydrogens (primary N) is 3. The van der Waals surface area contributed by atoms with Crippen molar-refractivity contribution in [3.63, 3.8) is 0 Å². The van der Waals surface area contributed by atoms with Gasteiger partial charge in [0.05, 0.1) is 38.2 Å². The molecule has 0 fully saturated rings. The van der Waals surface area contributed by atoms with E-state index in [0.29, 0.717) is 58.9 Å². The van der Waals surface area contributed by atoms with Crippen LogP contribution in [0.5, 0.6) is 0 Å². The van der Waals surface area contributed by atoms with Crippen LogP contribution >= 0.6 is 0 Å². The van der Waals surface area contributed by atoms with Gasteiger partial charge in [-0.1, -0.05) is 18.2 Å². The number of benzene rings is 3. The molecule has 34 heteroatoms. The zero-order chi connectivity index (χ0) is 79.7. The van der Waals surface area contributed by atoms with Crippen molar-refractivity contribution in [2.75, 3.05) is 57.8 Å². The number of hydrogen-bond acceptors (Lipinski definition) is 26. The molecule has 0 radical (unpaired) electrons. The largest absolute Gasteiger partial charge is 2.00 e. The number of ketones is 2. The maximum Gasteiger partial charge on any atom is 2.00 e. The molecular formula is C76H92BrMgN21O11. The predicted octanol–water partition coefficient (Wildman–Crippen LogP) is 10.2. The number of Topliss-reactive ketones (excluding diaryl/α,β-unsaturated/α-hetero) is 1. The predicted molar refractivity (Wildman–Crippen MR) is 424 cm³/mol. The molecule has 7 aromatic heterocycles. The number of carbonyl (C=O) groups excluding carboxylic acids is 2. The number of nitro groups is 2. The third-order valence-electron chi connectivity index (χ3n) is 13.5. The molecule has 0 aliphatic rings. The topological polar surface area (TPSA) is 463 Å². The number of nitro benzene ring substituents is 2. The van der Waals surface area contributed by atoms with Crippen LogP contribution in [-0.4, -0.2) is 163 Å². The number of nitrogen functional groups attached to an aromatic ring is 1. The van der Waals surface area contributed by atoms with Gasteiger partial charge in [-0.25, -0.2) is 24.9 Å². The molecular weight excluding hydrogens is 1490 g/mol. The number of aromatic nitrogens is 9. The van der Waals surface area contributed by atoms with Crippen LogP contribution in [0.1, 0.15) is 91.6 Å². The van der Waals surface area contributed by atoms with E-state index >= 15 is 0 Å². The van der Waals surface area contributed by atoms with Crippen molar-refractivity contribution in [1.82, 2.24) is 54.7 Å². The van der Waals surface area contributed by atoms with Crippen LogP contribution in [0.4, 0.5) is 46.0 Å². The zero-order valence-electron chi connectivity index (χ0n) is 64.3. The van der Waals surface area contributed by atoms with Crippen molar-refractivity contribution < 1.29 is 56.2 Å². The summed E-state index contributed by atoms with van der Waals surface area (Å²) in [6.07, 6.45) is 23.5. The van der Waals surface area contributed by atoms with Crippen LogP contribution in [0.2, 0.25) is 0 Å². The Hall–Kier alpha value is -12.3. The Labute approximate surface area is 666 Å². The van der Waals surface area contributed by atoms with E-state index in [4.69, 9.17) is 47.3 Å². The first kappa shape index (κ1) is 97.7. The van der Waals surface area contributed by atoms with E-state index in [1.54, 1.807) is 106 Å². The fourth-order valence-corrected chi connectivity index (χ4v) is 8.39. The van der Waals surface area contributed by atoms with Gasteiger partial charge in [0.1, 0.15) is 6.07 Å². The van der Waals surface area contributed by atoms with Crippen molar-refractivity contribution in [1.29, 1.82) is 5.26 Å². The van der Waals surface area contributed by atoms with Gasteiger partial charge in [-0.2, -0.15) is 5.26 Å². The number of nitriles is 1. The van der Waals surface area contributed by atoms with Crippen LogP contribution < -0.4 is 44.8 Å². The Kier molecular flexibility index (Phi) is 46.1. The number of hydrogen-bond donors (Lipinski definition) is 6. The molecule has 0 amide bonds.